The minimum atomic E-state index is 0. The smallest absolute Gasteiger partial charge is 0.174 e. The standard InChI is InChI=1S/C10H15ClN3O.2ClH/c1-15-9-6-8(7-13-10(9)11)14(12)4-2-3-5-14;;/h6-7H,2-5,12H2,1H3;2*1H/q+1;;. The zero-order chi connectivity index (χ0) is 10.9. The lowest BCUT2D eigenvalue weighted by Crippen LogP contribution is -2.53. The third-order valence-corrected chi connectivity index (χ3v) is 3.17. The molecule has 0 amide bonds. The summed E-state index contributed by atoms with van der Waals surface area (Å²) in [7, 11) is 1.58. The second-order valence-corrected chi connectivity index (χ2v) is 4.23. The molecule has 7 heteroatoms. The molecule has 0 spiro atoms. The lowest BCUT2D eigenvalue weighted by molar-refractivity contribution is 0.343. The molecule has 0 aromatic carbocycles. The highest BCUT2D eigenvalue weighted by atomic mass is 35.5. The van der Waals surface area contributed by atoms with Crippen LogP contribution in [0.4, 0.5) is 5.69 Å². The zero-order valence-electron chi connectivity index (χ0n) is 9.56. The molecule has 1 aliphatic heterocycles. The largest absolute Gasteiger partial charge is 0.493 e. The summed E-state index contributed by atoms with van der Waals surface area (Å²) in [5.74, 6) is 6.84. The molecule has 1 aromatic heterocycles. The van der Waals surface area contributed by atoms with Crippen molar-refractivity contribution in [2.75, 3.05) is 20.2 Å². The molecule has 1 saturated heterocycles. The first-order valence-electron chi connectivity index (χ1n) is 5.01. The number of quaternary nitrogens is 1. The van der Waals surface area contributed by atoms with E-state index in [1.165, 1.54) is 0 Å². The number of nitrogens with two attached hydrogens (primary N) is 1. The average molecular weight is 302 g/mol. The van der Waals surface area contributed by atoms with Gasteiger partial charge in [-0.05, 0) is 0 Å². The molecule has 0 atom stereocenters. The summed E-state index contributed by atoms with van der Waals surface area (Å²) < 4.78 is 5.58. The highest BCUT2D eigenvalue weighted by molar-refractivity contribution is 6.30. The lowest BCUT2D eigenvalue weighted by Gasteiger charge is -2.26. The Bertz CT molecular complexity index is 370. The third-order valence-electron chi connectivity index (χ3n) is 2.89. The summed E-state index contributed by atoms with van der Waals surface area (Å²) >= 11 is 5.86. The minimum Gasteiger partial charge on any atom is -0.493 e. The minimum absolute atomic E-state index is 0. The topological polar surface area (TPSA) is 48.1 Å². The fraction of sp³-hybridized carbons (Fsp3) is 0.500. The number of hydrogen-bond donors (Lipinski definition) is 1. The second-order valence-electron chi connectivity index (χ2n) is 3.87. The highest BCUT2D eigenvalue weighted by Crippen LogP contribution is 2.31. The Morgan fingerprint density at radius 1 is 1.35 bits per heavy atom. The molecular weight excluding hydrogens is 284 g/mol. The van der Waals surface area contributed by atoms with Gasteiger partial charge in [0.15, 0.2) is 16.6 Å². The van der Waals surface area contributed by atoms with E-state index in [1.807, 2.05) is 6.07 Å². The van der Waals surface area contributed by atoms with E-state index in [9.17, 15) is 0 Å². The normalized spacial score (nSPS) is 16.9. The summed E-state index contributed by atoms with van der Waals surface area (Å²) in [4.78, 5) is 4.08. The van der Waals surface area contributed by atoms with Crippen LogP contribution in [0.25, 0.3) is 0 Å². The van der Waals surface area contributed by atoms with Gasteiger partial charge in [-0.3, -0.25) is 0 Å². The Morgan fingerprint density at radius 3 is 2.47 bits per heavy atom. The molecule has 0 unspecified atom stereocenters. The fourth-order valence-electron chi connectivity index (χ4n) is 1.96. The van der Waals surface area contributed by atoms with Crippen molar-refractivity contribution in [2.45, 2.75) is 12.8 Å². The van der Waals surface area contributed by atoms with Crippen molar-refractivity contribution in [3.63, 3.8) is 0 Å². The molecule has 1 aromatic rings. The average Bonchev–Trinajstić information content (AvgIpc) is 2.67. The maximum atomic E-state index is 6.25. The number of nitrogens with zero attached hydrogens (tertiary/aromatic N) is 2. The van der Waals surface area contributed by atoms with E-state index < -0.39 is 0 Å². The molecule has 0 radical (unpaired) electrons. The molecule has 1 aliphatic rings. The van der Waals surface area contributed by atoms with E-state index in [1.54, 1.807) is 13.3 Å². The van der Waals surface area contributed by atoms with E-state index in [0.29, 0.717) is 15.5 Å². The quantitative estimate of drug-likeness (QED) is 0.519. The van der Waals surface area contributed by atoms with E-state index in [4.69, 9.17) is 22.2 Å². The molecule has 2 rings (SSSR count). The van der Waals surface area contributed by atoms with Crippen molar-refractivity contribution < 1.29 is 4.74 Å². The number of halogens is 3. The van der Waals surface area contributed by atoms with E-state index in [2.05, 4.69) is 4.98 Å². The Hall–Kier alpha value is -0.260. The van der Waals surface area contributed by atoms with Gasteiger partial charge in [0.1, 0.15) is 13.1 Å². The van der Waals surface area contributed by atoms with Crippen molar-refractivity contribution in [3.8, 4) is 5.75 Å². The first kappa shape index (κ1) is 16.7. The highest BCUT2D eigenvalue weighted by Gasteiger charge is 2.32. The molecule has 98 valence electrons. The van der Waals surface area contributed by atoms with Crippen LogP contribution >= 0.6 is 36.4 Å². The van der Waals surface area contributed by atoms with Crippen LogP contribution in [0, 0.1) is 0 Å². The number of pyridine rings is 1. The van der Waals surface area contributed by atoms with Crippen LogP contribution in [0.1, 0.15) is 12.8 Å². The first-order valence-corrected chi connectivity index (χ1v) is 5.39. The molecule has 1 fully saturated rings. The molecule has 0 saturated carbocycles. The van der Waals surface area contributed by atoms with Gasteiger partial charge in [0, 0.05) is 18.9 Å². The summed E-state index contributed by atoms with van der Waals surface area (Å²) in [6, 6.07) is 1.88. The fourth-order valence-corrected chi connectivity index (χ4v) is 2.14. The molecule has 17 heavy (non-hydrogen) atoms. The van der Waals surface area contributed by atoms with Crippen LogP contribution in [-0.2, 0) is 0 Å². The van der Waals surface area contributed by atoms with Gasteiger partial charge in [0.05, 0.1) is 13.3 Å². The van der Waals surface area contributed by atoms with Gasteiger partial charge in [-0.25, -0.2) is 9.58 Å². The SMILES string of the molecule is COc1cc([N+]2(N)CCCC2)cnc1Cl.Cl.Cl. The monoisotopic (exact) mass is 300 g/mol. The number of aromatic nitrogens is 1. The van der Waals surface area contributed by atoms with Crippen LogP contribution < -0.4 is 15.2 Å². The molecule has 2 heterocycles. The molecule has 4 nitrogen and oxygen atoms in total. The summed E-state index contributed by atoms with van der Waals surface area (Å²) in [5, 5.41) is 0.382. The number of ether oxygens (including phenoxy) is 1. The van der Waals surface area contributed by atoms with Crippen molar-refractivity contribution in [3.05, 3.63) is 17.4 Å². The first-order chi connectivity index (χ1) is 7.15. The van der Waals surface area contributed by atoms with Gasteiger partial charge in [0.2, 0.25) is 0 Å². The van der Waals surface area contributed by atoms with Crippen LogP contribution in [0.3, 0.4) is 0 Å². The van der Waals surface area contributed by atoms with Gasteiger partial charge >= 0.3 is 0 Å². The van der Waals surface area contributed by atoms with Gasteiger partial charge in [-0.2, -0.15) is 5.84 Å². The van der Waals surface area contributed by atoms with Crippen LogP contribution in [0.2, 0.25) is 5.15 Å². The number of methoxy groups -OCH3 is 1. The van der Waals surface area contributed by atoms with E-state index in [-0.39, 0.29) is 24.8 Å². The molecular formula is C10H17Cl3N3O+. The van der Waals surface area contributed by atoms with Crippen LogP contribution in [0.5, 0.6) is 5.75 Å². The summed E-state index contributed by atoms with van der Waals surface area (Å²) in [6.07, 6.45) is 4.04. The Kier molecular flexibility index (Phi) is 6.51. The summed E-state index contributed by atoms with van der Waals surface area (Å²) in [6.45, 7) is 1.90. The van der Waals surface area contributed by atoms with E-state index >= 15 is 0 Å². The molecule has 2 N–H and O–H groups in total. The maximum Gasteiger partial charge on any atom is 0.174 e. The van der Waals surface area contributed by atoms with Gasteiger partial charge in [-0.1, -0.05) is 11.6 Å². The van der Waals surface area contributed by atoms with E-state index in [0.717, 1.165) is 31.6 Å². The van der Waals surface area contributed by atoms with Crippen molar-refractivity contribution in [1.82, 2.24) is 9.58 Å². The number of rotatable bonds is 2. The van der Waals surface area contributed by atoms with Gasteiger partial charge in [-0.15, -0.1) is 24.8 Å². The summed E-state index contributed by atoms with van der Waals surface area (Å²) in [5.41, 5.74) is 0.966. The Morgan fingerprint density at radius 2 is 1.94 bits per heavy atom. The van der Waals surface area contributed by atoms with Crippen molar-refractivity contribution in [2.24, 2.45) is 5.84 Å². The predicted octanol–water partition coefficient (Wildman–Crippen LogP) is 2.56. The maximum absolute atomic E-state index is 6.25. The van der Waals surface area contributed by atoms with Gasteiger partial charge < -0.3 is 4.74 Å². The second kappa shape index (κ2) is 6.61. The Balaban J connectivity index is 0.00000128. The van der Waals surface area contributed by atoms with Crippen LogP contribution in [-0.4, -0.2) is 25.2 Å². The van der Waals surface area contributed by atoms with Gasteiger partial charge in [0.25, 0.3) is 0 Å². The van der Waals surface area contributed by atoms with Crippen molar-refractivity contribution >= 4 is 42.1 Å². The third kappa shape index (κ3) is 3.36. The molecule has 0 bridgehead atoms. The predicted molar refractivity (Wildman–Crippen MR) is 75.2 cm³/mol. The van der Waals surface area contributed by atoms with Crippen LogP contribution in [0.15, 0.2) is 12.3 Å². The van der Waals surface area contributed by atoms with Crippen molar-refractivity contribution in [1.29, 1.82) is 0 Å². The number of hydrogen-bond acceptors (Lipinski definition) is 3. The Labute approximate surface area is 118 Å². The zero-order valence-corrected chi connectivity index (χ0v) is 11.9. The molecule has 0 aliphatic carbocycles. The lowest BCUT2D eigenvalue weighted by atomic mass is 10.3.